The highest BCUT2D eigenvalue weighted by atomic mass is 19.1. The van der Waals surface area contributed by atoms with Crippen molar-refractivity contribution < 1.29 is 24.1 Å². The minimum atomic E-state index is -1.14. The lowest BCUT2D eigenvalue weighted by atomic mass is 9.68. The smallest absolute Gasteiger partial charge is 0.119 e. The maximum Gasteiger partial charge on any atom is 0.119 e. The Morgan fingerprint density at radius 1 is 0.703 bits per heavy atom. The molecule has 0 heterocycles. The quantitative estimate of drug-likeness (QED) is 0.257. The van der Waals surface area contributed by atoms with E-state index in [0.717, 1.165) is 16.9 Å². The van der Waals surface area contributed by atoms with Gasteiger partial charge in [0.05, 0.1) is 12.0 Å². The summed E-state index contributed by atoms with van der Waals surface area (Å²) in [5.74, 6) is 1.40. The molecule has 4 aromatic carbocycles. The number of halogens is 1. The molecule has 0 amide bonds. The Labute approximate surface area is 216 Å². The average molecular weight is 499 g/mol. The van der Waals surface area contributed by atoms with Crippen LogP contribution >= 0.6 is 0 Å². The number of ether oxygens (including phenoxy) is 2. The van der Waals surface area contributed by atoms with Crippen LogP contribution in [0.5, 0.6) is 11.5 Å². The summed E-state index contributed by atoms with van der Waals surface area (Å²) >= 11 is 0. The van der Waals surface area contributed by atoms with E-state index in [0.29, 0.717) is 12.4 Å². The second kappa shape index (κ2) is 10.8. The zero-order chi connectivity index (χ0) is 25.8. The van der Waals surface area contributed by atoms with Gasteiger partial charge < -0.3 is 19.7 Å². The van der Waals surface area contributed by atoms with Gasteiger partial charge in [0.1, 0.15) is 30.9 Å². The number of benzene rings is 4. The second-order valence-corrected chi connectivity index (χ2v) is 9.61. The molecule has 37 heavy (non-hydrogen) atoms. The van der Waals surface area contributed by atoms with Gasteiger partial charge in [0.15, 0.2) is 0 Å². The van der Waals surface area contributed by atoms with E-state index in [1.165, 1.54) is 22.3 Å². The zero-order valence-electron chi connectivity index (χ0n) is 20.8. The number of fused-ring (bicyclic) bond motifs is 3. The topological polar surface area (TPSA) is 58.9 Å². The molecule has 4 nitrogen and oxygen atoms in total. The summed E-state index contributed by atoms with van der Waals surface area (Å²) in [4.78, 5) is 0. The summed E-state index contributed by atoms with van der Waals surface area (Å²) in [6.07, 6.45) is -1.14. The number of aliphatic hydroxyl groups excluding tert-OH is 2. The summed E-state index contributed by atoms with van der Waals surface area (Å²) in [6, 6.07) is 33.0. The third-order valence-electron chi connectivity index (χ3n) is 6.99. The van der Waals surface area contributed by atoms with E-state index in [9.17, 15) is 14.6 Å². The summed E-state index contributed by atoms with van der Waals surface area (Å²) < 4.78 is 24.2. The molecule has 1 aliphatic rings. The van der Waals surface area contributed by atoms with Gasteiger partial charge >= 0.3 is 0 Å². The molecule has 190 valence electrons. The summed E-state index contributed by atoms with van der Waals surface area (Å²) in [5.41, 5.74) is 6.41. The van der Waals surface area contributed by atoms with Crippen molar-refractivity contribution in [3.8, 4) is 22.6 Å². The number of hydrogen-bond acceptors (Lipinski definition) is 4. The van der Waals surface area contributed by atoms with Crippen LogP contribution in [0.4, 0.5) is 4.39 Å². The standard InChI is InChI=1S/C32H31FO4/c1-22(19-34)20-36-26-14-10-23(11-15-26)32(24-12-16-27(17-13-24)37-21-25(35)18-33)30-8-4-2-6-28(30)29-7-3-5-9-31(29)32/h2-17,22,25,34-35H,18-21H2,1H3. The Morgan fingerprint density at radius 3 is 1.62 bits per heavy atom. The fraction of sp³-hybridized carbons (Fsp3) is 0.250. The molecule has 2 atom stereocenters. The molecule has 0 spiro atoms. The third kappa shape index (κ3) is 4.61. The Morgan fingerprint density at radius 2 is 1.16 bits per heavy atom. The van der Waals surface area contributed by atoms with Crippen LogP contribution in [0.3, 0.4) is 0 Å². The SMILES string of the molecule is CC(CO)COc1ccc(C2(c3ccc(OCC(O)CF)cc3)c3ccccc3-c3ccccc32)cc1. The zero-order valence-corrected chi connectivity index (χ0v) is 20.8. The van der Waals surface area contributed by atoms with Gasteiger partial charge in [0.25, 0.3) is 0 Å². The predicted molar refractivity (Wildman–Crippen MR) is 143 cm³/mol. The fourth-order valence-corrected chi connectivity index (χ4v) is 5.15. The van der Waals surface area contributed by atoms with Crippen LogP contribution in [-0.4, -0.2) is 42.8 Å². The average Bonchev–Trinajstić information content (AvgIpc) is 3.26. The number of hydrogen-bond donors (Lipinski definition) is 2. The van der Waals surface area contributed by atoms with Crippen molar-refractivity contribution in [3.05, 3.63) is 119 Å². The summed E-state index contributed by atoms with van der Waals surface area (Å²) in [5, 5.41) is 18.9. The van der Waals surface area contributed by atoms with Crippen molar-refractivity contribution in [1.29, 1.82) is 0 Å². The van der Waals surface area contributed by atoms with Crippen molar-refractivity contribution >= 4 is 0 Å². The Bertz CT molecular complexity index is 1230. The first-order chi connectivity index (χ1) is 18.1. The van der Waals surface area contributed by atoms with Gasteiger partial charge in [0.2, 0.25) is 0 Å². The number of alkyl halides is 1. The molecular weight excluding hydrogens is 467 g/mol. The Balaban J connectivity index is 1.61. The van der Waals surface area contributed by atoms with Crippen molar-refractivity contribution in [2.45, 2.75) is 18.4 Å². The van der Waals surface area contributed by atoms with Gasteiger partial charge in [-0.2, -0.15) is 0 Å². The van der Waals surface area contributed by atoms with Crippen molar-refractivity contribution in [2.24, 2.45) is 5.92 Å². The van der Waals surface area contributed by atoms with Gasteiger partial charge in [-0.25, -0.2) is 4.39 Å². The maximum absolute atomic E-state index is 12.7. The first kappa shape index (κ1) is 25.0. The first-order valence-electron chi connectivity index (χ1n) is 12.6. The number of rotatable bonds is 10. The molecule has 2 unspecified atom stereocenters. The van der Waals surface area contributed by atoms with Crippen LogP contribution in [0.15, 0.2) is 97.1 Å². The molecule has 5 heteroatoms. The molecule has 4 aromatic rings. The highest BCUT2D eigenvalue weighted by Crippen LogP contribution is 2.56. The predicted octanol–water partition coefficient (Wildman–Crippen LogP) is 5.77. The minimum absolute atomic E-state index is 0.0614. The maximum atomic E-state index is 12.7. The van der Waals surface area contributed by atoms with Crippen molar-refractivity contribution in [2.75, 3.05) is 26.5 Å². The van der Waals surface area contributed by atoms with Gasteiger partial charge in [0, 0.05) is 12.5 Å². The Hall–Kier alpha value is -3.67. The molecule has 0 fully saturated rings. The molecule has 0 saturated carbocycles. The molecule has 5 rings (SSSR count). The van der Waals surface area contributed by atoms with E-state index in [-0.39, 0.29) is 19.1 Å². The van der Waals surface area contributed by atoms with Gasteiger partial charge in [-0.15, -0.1) is 0 Å². The van der Waals surface area contributed by atoms with E-state index >= 15 is 0 Å². The van der Waals surface area contributed by atoms with Crippen molar-refractivity contribution in [1.82, 2.24) is 0 Å². The molecule has 2 N–H and O–H groups in total. The molecule has 0 radical (unpaired) electrons. The van der Waals surface area contributed by atoms with E-state index in [1.54, 1.807) is 0 Å². The van der Waals surface area contributed by atoms with Gasteiger partial charge in [-0.05, 0) is 57.6 Å². The van der Waals surface area contributed by atoms with Crippen LogP contribution in [0.1, 0.15) is 29.2 Å². The van der Waals surface area contributed by atoms with Gasteiger partial charge in [-0.3, -0.25) is 0 Å². The summed E-state index contributed by atoms with van der Waals surface area (Å²) in [6.45, 7) is 1.55. The molecule has 0 aliphatic heterocycles. The second-order valence-electron chi connectivity index (χ2n) is 9.61. The van der Waals surface area contributed by atoms with E-state index in [2.05, 4.69) is 60.7 Å². The highest BCUT2D eigenvalue weighted by molar-refractivity contribution is 5.86. The van der Waals surface area contributed by atoms with E-state index in [1.807, 2.05) is 43.3 Å². The highest BCUT2D eigenvalue weighted by Gasteiger charge is 2.45. The lowest BCUT2D eigenvalue weighted by Crippen LogP contribution is -2.28. The first-order valence-corrected chi connectivity index (χ1v) is 12.6. The molecule has 0 aromatic heterocycles. The molecular formula is C32H31FO4. The van der Waals surface area contributed by atoms with Crippen LogP contribution < -0.4 is 9.47 Å². The Kier molecular flexibility index (Phi) is 7.26. The van der Waals surface area contributed by atoms with Crippen LogP contribution in [0.25, 0.3) is 11.1 Å². The lowest BCUT2D eigenvalue weighted by Gasteiger charge is -2.34. The van der Waals surface area contributed by atoms with Crippen molar-refractivity contribution in [3.63, 3.8) is 0 Å². The normalized spacial score (nSPS) is 14.9. The molecule has 0 saturated heterocycles. The molecule has 1 aliphatic carbocycles. The van der Waals surface area contributed by atoms with Crippen LogP contribution in [0.2, 0.25) is 0 Å². The third-order valence-corrected chi connectivity index (χ3v) is 6.99. The lowest BCUT2D eigenvalue weighted by molar-refractivity contribution is 0.0842. The van der Waals surface area contributed by atoms with Gasteiger partial charge in [-0.1, -0.05) is 79.7 Å². The van der Waals surface area contributed by atoms with Crippen LogP contribution in [0, 0.1) is 5.92 Å². The van der Waals surface area contributed by atoms with E-state index in [4.69, 9.17) is 9.47 Å². The largest absolute Gasteiger partial charge is 0.493 e. The van der Waals surface area contributed by atoms with E-state index < -0.39 is 18.2 Å². The summed E-state index contributed by atoms with van der Waals surface area (Å²) in [7, 11) is 0. The molecule has 0 bridgehead atoms. The number of aliphatic hydroxyl groups is 2. The monoisotopic (exact) mass is 498 g/mol. The minimum Gasteiger partial charge on any atom is -0.493 e. The van der Waals surface area contributed by atoms with Crippen LogP contribution in [-0.2, 0) is 5.41 Å². The fourth-order valence-electron chi connectivity index (χ4n) is 5.15.